The highest BCUT2D eigenvalue weighted by Gasteiger charge is 2.12. The minimum atomic E-state index is -0.620. The first-order valence-electron chi connectivity index (χ1n) is 4.50. The summed E-state index contributed by atoms with van der Waals surface area (Å²) in [4.78, 5) is 1.15. The van der Waals surface area contributed by atoms with Crippen LogP contribution in [0.2, 0.25) is 0 Å². The number of aliphatic hydroxyl groups is 1. The maximum absolute atomic E-state index is 9.53. The summed E-state index contributed by atoms with van der Waals surface area (Å²) in [6.45, 7) is 3.62. The van der Waals surface area contributed by atoms with Gasteiger partial charge in [-0.25, -0.2) is 0 Å². The zero-order chi connectivity index (χ0) is 10.6. The molecule has 0 saturated carbocycles. The Bertz CT molecular complexity index is 274. The number of benzene rings is 1. The van der Waals surface area contributed by atoms with Crippen molar-refractivity contribution in [2.75, 3.05) is 12.9 Å². The van der Waals surface area contributed by atoms with Crippen molar-refractivity contribution in [3.05, 3.63) is 24.3 Å². The van der Waals surface area contributed by atoms with E-state index in [2.05, 4.69) is 0 Å². The summed E-state index contributed by atoms with van der Waals surface area (Å²) in [6, 6.07) is 7.84. The highest BCUT2D eigenvalue weighted by atomic mass is 32.2. The van der Waals surface area contributed by atoms with Crippen LogP contribution in [0.3, 0.4) is 0 Å². The molecule has 1 aromatic carbocycles. The molecule has 0 atom stereocenters. The molecule has 78 valence electrons. The van der Waals surface area contributed by atoms with Crippen LogP contribution in [-0.2, 0) is 0 Å². The molecule has 0 aliphatic heterocycles. The van der Waals surface area contributed by atoms with Crippen molar-refractivity contribution in [1.82, 2.24) is 0 Å². The summed E-state index contributed by atoms with van der Waals surface area (Å²) in [5, 5.41) is 9.53. The third-order valence-electron chi connectivity index (χ3n) is 1.65. The molecule has 1 rings (SSSR count). The fourth-order valence-electron chi connectivity index (χ4n) is 0.932. The summed E-state index contributed by atoms with van der Waals surface area (Å²) >= 11 is 1.64. The molecule has 1 aromatic rings. The highest BCUT2D eigenvalue weighted by molar-refractivity contribution is 7.99. The minimum absolute atomic E-state index is 0.620. The molecular formula is C11H16O2S. The van der Waals surface area contributed by atoms with Gasteiger partial charge in [-0.15, -0.1) is 11.8 Å². The van der Waals surface area contributed by atoms with Gasteiger partial charge in [0.2, 0.25) is 0 Å². The molecule has 0 heterocycles. The van der Waals surface area contributed by atoms with Crippen LogP contribution in [0, 0.1) is 0 Å². The summed E-state index contributed by atoms with van der Waals surface area (Å²) in [5.41, 5.74) is -0.620. The predicted octanol–water partition coefficient (Wildman–Crippen LogP) is 2.56. The SMILES string of the molecule is COc1ccc(SCC(C)(C)O)cc1. The van der Waals surface area contributed by atoms with Crippen LogP contribution >= 0.6 is 11.8 Å². The van der Waals surface area contributed by atoms with Gasteiger partial charge in [-0.3, -0.25) is 0 Å². The molecule has 0 saturated heterocycles. The fraction of sp³-hybridized carbons (Fsp3) is 0.455. The monoisotopic (exact) mass is 212 g/mol. The van der Waals surface area contributed by atoms with Gasteiger partial charge >= 0.3 is 0 Å². The Balaban J connectivity index is 2.52. The van der Waals surface area contributed by atoms with Crippen LogP contribution in [0.5, 0.6) is 5.75 Å². The molecule has 0 aliphatic carbocycles. The van der Waals surface area contributed by atoms with E-state index in [1.807, 2.05) is 38.1 Å². The van der Waals surface area contributed by atoms with Gasteiger partial charge in [-0.2, -0.15) is 0 Å². The normalized spacial score (nSPS) is 11.4. The molecule has 0 aliphatic rings. The number of thioether (sulfide) groups is 1. The van der Waals surface area contributed by atoms with Gasteiger partial charge in [0.15, 0.2) is 0 Å². The van der Waals surface area contributed by atoms with Gasteiger partial charge in [0.25, 0.3) is 0 Å². The molecule has 0 aromatic heterocycles. The standard InChI is InChI=1S/C11H16O2S/c1-11(2,12)8-14-10-6-4-9(13-3)5-7-10/h4-7,12H,8H2,1-3H3. The van der Waals surface area contributed by atoms with Crippen LogP contribution in [0.1, 0.15) is 13.8 Å². The Labute approximate surface area is 89.3 Å². The fourth-order valence-corrected chi connectivity index (χ4v) is 1.78. The molecule has 0 radical (unpaired) electrons. The van der Waals surface area contributed by atoms with Crippen LogP contribution in [0.4, 0.5) is 0 Å². The largest absolute Gasteiger partial charge is 0.497 e. The third kappa shape index (κ3) is 4.03. The zero-order valence-corrected chi connectivity index (χ0v) is 9.60. The van der Waals surface area contributed by atoms with Crippen LogP contribution < -0.4 is 4.74 Å². The number of hydrogen-bond acceptors (Lipinski definition) is 3. The van der Waals surface area contributed by atoms with Crippen molar-refractivity contribution in [2.24, 2.45) is 0 Å². The molecule has 3 heteroatoms. The van der Waals surface area contributed by atoms with E-state index in [1.54, 1.807) is 18.9 Å². The Morgan fingerprint density at radius 1 is 1.29 bits per heavy atom. The zero-order valence-electron chi connectivity index (χ0n) is 8.78. The van der Waals surface area contributed by atoms with Crippen LogP contribution in [0.15, 0.2) is 29.2 Å². The van der Waals surface area contributed by atoms with Gasteiger partial charge in [-0.05, 0) is 38.1 Å². The van der Waals surface area contributed by atoms with Crippen molar-refractivity contribution in [1.29, 1.82) is 0 Å². The first kappa shape index (κ1) is 11.4. The number of hydrogen-bond donors (Lipinski definition) is 1. The van der Waals surface area contributed by atoms with E-state index in [0.29, 0.717) is 5.75 Å². The first-order chi connectivity index (χ1) is 6.51. The Morgan fingerprint density at radius 2 is 1.86 bits per heavy atom. The lowest BCUT2D eigenvalue weighted by Gasteiger charge is -2.16. The smallest absolute Gasteiger partial charge is 0.118 e. The van der Waals surface area contributed by atoms with Crippen molar-refractivity contribution in [3.8, 4) is 5.75 Å². The summed E-state index contributed by atoms with van der Waals surface area (Å²) in [5.74, 6) is 1.55. The van der Waals surface area contributed by atoms with Crippen molar-refractivity contribution < 1.29 is 9.84 Å². The lowest BCUT2D eigenvalue weighted by molar-refractivity contribution is 0.107. The molecule has 14 heavy (non-hydrogen) atoms. The molecule has 1 N–H and O–H groups in total. The second-order valence-electron chi connectivity index (χ2n) is 3.78. The van der Waals surface area contributed by atoms with E-state index >= 15 is 0 Å². The van der Waals surface area contributed by atoms with E-state index in [0.717, 1.165) is 10.6 Å². The van der Waals surface area contributed by atoms with E-state index in [9.17, 15) is 5.11 Å². The van der Waals surface area contributed by atoms with Crippen LogP contribution in [0.25, 0.3) is 0 Å². The maximum atomic E-state index is 9.53. The van der Waals surface area contributed by atoms with E-state index in [-0.39, 0.29) is 0 Å². The summed E-state index contributed by atoms with van der Waals surface area (Å²) in [7, 11) is 1.65. The predicted molar refractivity (Wildman–Crippen MR) is 60.0 cm³/mol. The Kier molecular flexibility index (Phi) is 3.84. The number of rotatable bonds is 4. The minimum Gasteiger partial charge on any atom is -0.497 e. The van der Waals surface area contributed by atoms with Crippen LogP contribution in [-0.4, -0.2) is 23.6 Å². The third-order valence-corrected chi connectivity index (χ3v) is 3.11. The number of methoxy groups -OCH3 is 1. The van der Waals surface area contributed by atoms with E-state index in [4.69, 9.17) is 4.74 Å². The maximum Gasteiger partial charge on any atom is 0.118 e. The van der Waals surface area contributed by atoms with Gasteiger partial charge in [0.05, 0.1) is 12.7 Å². The average molecular weight is 212 g/mol. The molecule has 0 amide bonds. The molecule has 0 spiro atoms. The molecule has 0 fully saturated rings. The molecule has 2 nitrogen and oxygen atoms in total. The van der Waals surface area contributed by atoms with Gasteiger partial charge in [-0.1, -0.05) is 0 Å². The van der Waals surface area contributed by atoms with Gasteiger partial charge in [0, 0.05) is 10.6 Å². The molecular weight excluding hydrogens is 196 g/mol. The lowest BCUT2D eigenvalue weighted by Crippen LogP contribution is -2.21. The summed E-state index contributed by atoms with van der Waals surface area (Å²) < 4.78 is 5.06. The molecule has 0 bridgehead atoms. The summed E-state index contributed by atoms with van der Waals surface area (Å²) in [6.07, 6.45) is 0. The molecule has 0 unspecified atom stereocenters. The Morgan fingerprint density at radius 3 is 2.29 bits per heavy atom. The van der Waals surface area contributed by atoms with Gasteiger partial charge < -0.3 is 9.84 Å². The van der Waals surface area contributed by atoms with Crippen molar-refractivity contribution in [3.63, 3.8) is 0 Å². The van der Waals surface area contributed by atoms with Crippen molar-refractivity contribution in [2.45, 2.75) is 24.3 Å². The number of ether oxygens (including phenoxy) is 1. The second kappa shape index (κ2) is 4.71. The van der Waals surface area contributed by atoms with Gasteiger partial charge in [0.1, 0.15) is 5.75 Å². The highest BCUT2D eigenvalue weighted by Crippen LogP contribution is 2.24. The average Bonchev–Trinajstić information content (AvgIpc) is 2.14. The first-order valence-corrected chi connectivity index (χ1v) is 5.49. The quantitative estimate of drug-likeness (QED) is 0.778. The lowest BCUT2D eigenvalue weighted by atomic mass is 10.2. The second-order valence-corrected chi connectivity index (χ2v) is 4.83. The van der Waals surface area contributed by atoms with E-state index in [1.165, 1.54) is 0 Å². The van der Waals surface area contributed by atoms with E-state index < -0.39 is 5.60 Å². The van der Waals surface area contributed by atoms with Crippen molar-refractivity contribution >= 4 is 11.8 Å². The Hall–Kier alpha value is -0.670. The topological polar surface area (TPSA) is 29.5 Å².